The number of ether oxygens (including phenoxy) is 2. The molecule has 0 atom stereocenters. The summed E-state index contributed by atoms with van der Waals surface area (Å²) >= 11 is 5.76. The number of hydrogen-bond acceptors (Lipinski definition) is 3. The maximum atomic E-state index is 8.41. The van der Waals surface area contributed by atoms with E-state index in [1.807, 2.05) is 18.2 Å². The van der Waals surface area contributed by atoms with E-state index in [0.717, 1.165) is 18.4 Å². The Morgan fingerprint density at radius 2 is 2.12 bits per heavy atom. The van der Waals surface area contributed by atoms with E-state index in [1.165, 1.54) is 0 Å². The summed E-state index contributed by atoms with van der Waals surface area (Å²) in [6.07, 6.45) is 2.29. The van der Waals surface area contributed by atoms with Gasteiger partial charge in [0.25, 0.3) is 0 Å². The van der Waals surface area contributed by atoms with Crippen LogP contribution in [0, 0.1) is 11.3 Å². The van der Waals surface area contributed by atoms with E-state index >= 15 is 0 Å². The van der Waals surface area contributed by atoms with Crippen molar-refractivity contribution < 1.29 is 9.47 Å². The SMILES string of the molecule is COc1ccc(CCl)cc1OCCCCC#N. The summed E-state index contributed by atoms with van der Waals surface area (Å²) in [5.74, 6) is 1.87. The van der Waals surface area contributed by atoms with Crippen LogP contribution in [-0.2, 0) is 5.88 Å². The quantitative estimate of drug-likeness (QED) is 0.552. The van der Waals surface area contributed by atoms with Crippen LogP contribution in [0.5, 0.6) is 11.5 Å². The molecule has 0 heterocycles. The van der Waals surface area contributed by atoms with E-state index in [2.05, 4.69) is 6.07 Å². The number of benzene rings is 1. The summed E-state index contributed by atoms with van der Waals surface area (Å²) in [6, 6.07) is 7.76. The van der Waals surface area contributed by atoms with Crippen LogP contribution in [-0.4, -0.2) is 13.7 Å². The van der Waals surface area contributed by atoms with Gasteiger partial charge < -0.3 is 9.47 Å². The van der Waals surface area contributed by atoms with Crippen molar-refractivity contribution in [3.63, 3.8) is 0 Å². The van der Waals surface area contributed by atoms with Gasteiger partial charge in [0.2, 0.25) is 0 Å². The summed E-state index contributed by atoms with van der Waals surface area (Å²) < 4.78 is 10.8. The van der Waals surface area contributed by atoms with Gasteiger partial charge in [-0.05, 0) is 30.5 Å². The number of nitriles is 1. The van der Waals surface area contributed by atoms with Crippen LogP contribution in [0.4, 0.5) is 0 Å². The lowest BCUT2D eigenvalue weighted by Gasteiger charge is -2.11. The smallest absolute Gasteiger partial charge is 0.161 e. The van der Waals surface area contributed by atoms with E-state index in [4.69, 9.17) is 26.3 Å². The molecular formula is C13H16ClNO2. The summed E-state index contributed by atoms with van der Waals surface area (Å²) in [7, 11) is 1.61. The van der Waals surface area contributed by atoms with Gasteiger partial charge in [-0.1, -0.05) is 6.07 Å². The zero-order chi connectivity index (χ0) is 12.5. The molecule has 0 amide bonds. The molecule has 4 heteroatoms. The number of alkyl halides is 1. The van der Waals surface area contributed by atoms with Crippen molar-refractivity contribution in [3.05, 3.63) is 23.8 Å². The Kier molecular flexibility index (Phi) is 6.27. The molecule has 0 spiro atoms. The van der Waals surface area contributed by atoms with Crippen molar-refractivity contribution in [2.45, 2.75) is 25.1 Å². The zero-order valence-corrected chi connectivity index (χ0v) is 10.7. The zero-order valence-electron chi connectivity index (χ0n) is 9.91. The lowest BCUT2D eigenvalue weighted by molar-refractivity contribution is 0.287. The largest absolute Gasteiger partial charge is 0.493 e. The Labute approximate surface area is 107 Å². The van der Waals surface area contributed by atoms with Crippen LogP contribution in [0.3, 0.4) is 0 Å². The summed E-state index contributed by atoms with van der Waals surface area (Å²) in [5, 5.41) is 8.41. The molecule has 1 rings (SSSR count). The lowest BCUT2D eigenvalue weighted by Crippen LogP contribution is -1.99. The lowest BCUT2D eigenvalue weighted by atomic mass is 10.2. The molecule has 0 aliphatic rings. The second-order valence-electron chi connectivity index (χ2n) is 3.58. The highest BCUT2D eigenvalue weighted by Gasteiger charge is 2.05. The van der Waals surface area contributed by atoms with Gasteiger partial charge in [-0.15, -0.1) is 11.6 Å². The van der Waals surface area contributed by atoms with Gasteiger partial charge in [-0.25, -0.2) is 0 Å². The summed E-state index contributed by atoms with van der Waals surface area (Å²) in [4.78, 5) is 0. The van der Waals surface area contributed by atoms with Gasteiger partial charge in [-0.3, -0.25) is 0 Å². The van der Waals surface area contributed by atoms with Crippen LogP contribution in [0.1, 0.15) is 24.8 Å². The first kappa shape index (κ1) is 13.7. The minimum atomic E-state index is 0.453. The van der Waals surface area contributed by atoms with Gasteiger partial charge in [-0.2, -0.15) is 5.26 Å². The molecule has 0 saturated carbocycles. The highest BCUT2D eigenvalue weighted by atomic mass is 35.5. The van der Waals surface area contributed by atoms with Crippen LogP contribution in [0.15, 0.2) is 18.2 Å². The van der Waals surface area contributed by atoms with Gasteiger partial charge in [0.1, 0.15) is 0 Å². The van der Waals surface area contributed by atoms with Crippen molar-refractivity contribution >= 4 is 11.6 Å². The molecule has 0 bridgehead atoms. The fourth-order valence-electron chi connectivity index (χ4n) is 1.41. The van der Waals surface area contributed by atoms with Crippen molar-refractivity contribution in [1.29, 1.82) is 5.26 Å². The molecule has 3 nitrogen and oxygen atoms in total. The molecule has 17 heavy (non-hydrogen) atoms. The van der Waals surface area contributed by atoms with Crippen LogP contribution in [0.2, 0.25) is 0 Å². The van der Waals surface area contributed by atoms with Crippen LogP contribution < -0.4 is 9.47 Å². The van der Waals surface area contributed by atoms with Crippen molar-refractivity contribution in [2.24, 2.45) is 0 Å². The van der Waals surface area contributed by atoms with Crippen LogP contribution >= 0.6 is 11.6 Å². The number of nitrogens with zero attached hydrogens (tertiary/aromatic N) is 1. The number of methoxy groups -OCH3 is 1. The van der Waals surface area contributed by atoms with Crippen LogP contribution in [0.25, 0.3) is 0 Å². The Bertz CT molecular complexity index is 387. The first-order valence-electron chi connectivity index (χ1n) is 5.54. The first-order valence-corrected chi connectivity index (χ1v) is 6.08. The predicted molar refractivity (Wildman–Crippen MR) is 67.5 cm³/mol. The van der Waals surface area contributed by atoms with Gasteiger partial charge in [0.15, 0.2) is 11.5 Å². The molecule has 1 aromatic carbocycles. The fourth-order valence-corrected chi connectivity index (χ4v) is 1.57. The summed E-state index contributed by atoms with van der Waals surface area (Å²) in [5.41, 5.74) is 1.000. The maximum Gasteiger partial charge on any atom is 0.161 e. The minimum absolute atomic E-state index is 0.453. The van der Waals surface area contributed by atoms with E-state index in [9.17, 15) is 0 Å². The molecular weight excluding hydrogens is 238 g/mol. The van der Waals surface area contributed by atoms with E-state index < -0.39 is 0 Å². The van der Waals surface area contributed by atoms with Gasteiger partial charge >= 0.3 is 0 Å². The van der Waals surface area contributed by atoms with Gasteiger partial charge in [0, 0.05) is 12.3 Å². The fraction of sp³-hybridized carbons (Fsp3) is 0.462. The molecule has 0 saturated heterocycles. The van der Waals surface area contributed by atoms with Crippen molar-refractivity contribution in [2.75, 3.05) is 13.7 Å². The van der Waals surface area contributed by atoms with Crippen molar-refractivity contribution in [1.82, 2.24) is 0 Å². The average molecular weight is 254 g/mol. The van der Waals surface area contributed by atoms with E-state index in [0.29, 0.717) is 30.4 Å². The van der Waals surface area contributed by atoms with E-state index in [-0.39, 0.29) is 0 Å². The maximum absolute atomic E-state index is 8.41. The minimum Gasteiger partial charge on any atom is -0.493 e. The second kappa shape index (κ2) is 7.81. The molecule has 0 radical (unpaired) electrons. The molecule has 0 aromatic heterocycles. The second-order valence-corrected chi connectivity index (χ2v) is 3.85. The molecule has 0 fully saturated rings. The number of rotatable bonds is 7. The molecule has 92 valence electrons. The number of halogens is 1. The Hall–Kier alpha value is -1.40. The topological polar surface area (TPSA) is 42.2 Å². The summed E-state index contributed by atoms with van der Waals surface area (Å²) in [6.45, 7) is 0.587. The molecule has 1 aromatic rings. The molecule has 0 N–H and O–H groups in total. The third-order valence-corrected chi connectivity index (χ3v) is 2.63. The molecule has 0 unspecified atom stereocenters. The Balaban J connectivity index is 2.53. The Morgan fingerprint density at radius 3 is 2.76 bits per heavy atom. The van der Waals surface area contributed by atoms with E-state index in [1.54, 1.807) is 7.11 Å². The highest BCUT2D eigenvalue weighted by Crippen LogP contribution is 2.28. The Morgan fingerprint density at radius 1 is 1.29 bits per heavy atom. The van der Waals surface area contributed by atoms with Crippen molar-refractivity contribution in [3.8, 4) is 17.6 Å². The first-order chi connectivity index (χ1) is 8.31. The third kappa shape index (κ3) is 4.54. The average Bonchev–Trinajstić information content (AvgIpc) is 2.38. The standard InChI is InChI=1S/C13H16ClNO2/c1-16-12-6-5-11(10-14)9-13(12)17-8-4-2-3-7-15/h5-6,9H,2-4,8,10H2,1H3. The third-order valence-electron chi connectivity index (χ3n) is 2.32. The highest BCUT2D eigenvalue weighted by molar-refractivity contribution is 6.17. The monoisotopic (exact) mass is 253 g/mol. The van der Waals surface area contributed by atoms with Gasteiger partial charge in [0.05, 0.1) is 19.8 Å². The number of unbranched alkanes of at least 4 members (excludes halogenated alkanes) is 2. The molecule has 0 aliphatic carbocycles. The predicted octanol–water partition coefficient (Wildman–Crippen LogP) is 3.51. The molecule has 0 aliphatic heterocycles. The normalized spacial score (nSPS) is 9.71. The number of hydrogen-bond donors (Lipinski definition) is 0.